The Morgan fingerprint density at radius 3 is 2.22 bits per heavy atom. The van der Waals surface area contributed by atoms with Gasteiger partial charge in [0.2, 0.25) is 0 Å². The van der Waals surface area contributed by atoms with Gasteiger partial charge in [-0.15, -0.1) is 0 Å². The third-order valence-corrected chi connectivity index (χ3v) is 1.69. The van der Waals surface area contributed by atoms with Crippen molar-refractivity contribution in [3.63, 3.8) is 0 Å². The maximum absolute atomic E-state index is 10.4. The molecular formula is C8H12N6O4. The molecule has 0 amide bonds. The van der Waals surface area contributed by atoms with Crippen molar-refractivity contribution in [2.45, 2.75) is 6.92 Å². The number of nitro benzene ring substituents is 2. The van der Waals surface area contributed by atoms with Crippen molar-refractivity contribution < 1.29 is 9.85 Å². The number of non-ortho nitro benzene ring substituents is 1. The Hall–Kier alpha value is -2.75. The maximum Gasteiger partial charge on any atom is 0.300 e. The minimum atomic E-state index is -0.748. The van der Waals surface area contributed by atoms with Crippen molar-refractivity contribution in [2.24, 2.45) is 16.8 Å². The summed E-state index contributed by atoms with van der Waals surface area (Å²) in [7, 11) is 0. The second-order valence-electron chi connectivity index (χ2n) is 2.77. The second-order valence-corrected chi connectivity index (χ2v) is 2.77. The Kier molecular flexibility index (Phi) is 6.36. The molecule has 10 nitrogen and oxygen atoms in total. The first kappa shape index (κ1) is 15.2. The Morgan fingerprint density at radius 2 is 1.89 bits per heavy atom. The van der Waals surface area contributed by atoms with Crippen LogP contribution >= 0.6 is 0 Å². The highest BCUT2D eigenvalue weighted by molar-refractivity contribution is 5.64. The molecule has 1 rings (SSSR count). The van der Waals surface area contributed by atoms with Gasteiger partial charge < -0.3 is 11.3 Å². The minimum Gasteiger partial charge on any atom is -0.324 e. The molecule has 0 heterocycles. The number of nitrogens with zero attached hydrogens (tertiary/aromatic N) is 3. The molecule has 10 heteroatoms. The maximum atomic E-state index is 10.4. The van der Waals surface area contributed by atoms with Crippen LogP contribution in [0.4, 0.5) is 17.1 Å². The van der Waals surface area contributed by atoms with Crippen molar-refractivity contribution in [3.05, 3.63) is 38.4 Å². The number of hydrazine groups is 1. The summed E-state index contributed by atoms with van der Waals surface area (Å²) in [5.41, 5.74) is 1.33. The van der Waals surface area contributed by atoms with E-state index in [1.807, 2.05) is 0 Å². The second kappa shape index (κ2) is 7.51. The quantitative estimate of drug-likeness (QED) is 0.310. The number of rotatable bonds is 3. The Labute approximate surface area is 102 Å². The van der Waals surface area contributed by atoms with Gasteiger partial charge >= 0.3 is 5.69 Å². The van der Waals surface area contributed by atoms with Gasteiger partial charge in [0.1, 0.15) is 5.69 Å². The van der Waals surface area contributed by atoms with Gasteiger partial charge in [0, 0.05) is 12.3 Å². The normalized spacial score (nSPS) is 9.44. The van der Waals surface area contributed by atoms with Gasteiger partial charge in [-0.2, -0.15) is 5.10 Å². The van der Waals surface area contributed by atoms with Crippen LogP contribution < -0.4 is 17.1 Å². The summed E-state index contributed by atoms with van der Waals surface area (Å²) in [4.78, 5) is 19.3. The highest BCUT2D eigenvalue weighted by Crippen LogP contribution is 2.27. The van der Waals surface area contributed by atoms with E-state index in [-0.39, 0.29) is 11.4 Å². The summed E-state index contributed by atoms with van der Waals surface area (Å²) in [6.07, 6.45) is 1.53. The summed E-state index contributed by atoms with van der Waals surface area (Å²) in [5, 5.41) is 23.9. The van der Waals surface area contributed by atoms with Crippen molar-refractivity contribution >= 4 is 23.3 Å². The molecule has 5 N–H and O–H groups in total. The number of nitrogens with two attached hydrogens (primary N) is 2. The van der Waals surface area contributed by atoms with Crippen molar-refractivity contribution in [3.8, 4) is 0 Å². The Morgan fingerprint density at radius 1 is 1.33 bits per heavy atom. The fourth-order valence-electron chi connectivity index (χ4n) is 0.907. The third kappa shape index (κ3) is 4.40. The van der Waals surface area contributed by atoms with Crippen LogP contribution in [-0.4, -0.2) is 16.1 Å². The zero-order chi connectivity index (χ0) is 14.1. The number of nitrogens with one attached hydrogen (secondary N) is 1. The fourth-order valence-corrected chi connectivity index (χ4v) is 0.907. The van der Waals surface area contributed by atoms with E-state index in [9.17, 15) is 20.2 Å². The number of hydrogen-bond donors (Lipinski definition) is 3. The molecule has 0 atom stereocenters. The lowest BCUT2D eigenvalue weighted by molar-refractivity contribution is -0.393. The van der Waals surface area contributed by atoms with E-state index in [4.69, 9.17) is 5.84 Å². The minimum absolute atomic E-state index is 0.0283. The molecule has 0 fully saturated rings. The molecule has 0 saturated heterocycles. The number of hydrazone groups is 1. The van der Waals surface area contributed by atoms with Gasteiger partial charge in [-0.3, -0.25) is 26.1 Å². The van der Waals surface area contributed by atoms with Gasteiger partial charge in [-0.25, -0.2) is 0 Å². The molecule has 0 aliphatic rings. The summed E-state index contributed by atoms with van der Waals surface area (Å²) < 4.78 is 0. The molecule has 18 heavy (non-hydrogen) atoms. The molecule has 0 saturated carbocycles. The number of nitro groups is 2. The summed E-state index contributed by atoms with van der Waals surface area (Å²) >= 11 is 0. The predicted molar refractivity (Wildman–Crippen MR) is 65.9 cm³/mol. The van der Waals surface area contributed by atoms with Crippen molar-refractivity contribution in [2.75, 3.05) is 5.43 Å². The molecule has 1 aromatic rings. The van der Waals surface area contributed by atoms with Gasteiger partial charge in [0.05, 0.1) is 15.9 Å². The Bertz CT molecular complexity index is 457. The number of nitrogen functional groups attached to an aromatic ring is 1. The lowest BCUT2D eigenvalue weighted by atomic mass is 10.2. The third-order valence-electron chi connectivity index (χ3n) is 1.69. The molecule has 0 unspecified atom stereocenters. The molecule has 1 aromatic carbocycles. The smallest absolute Gasteiger partial charge is 0.300 e. The highest BCUT2D eigenvalue weighted by Gasteiger charge is 2.18. The number of hydrogen-bond acceptors (Lipinski definition) is 8. The first-order chi connectivity index (χ1) is 8.47. The zero-order valence-electron chi connectivity index (χ0n) is 9.44. The van der Waals surface area contributed by atoms with E-state index in [1.54, 1.807) is 6.92 Å². The molecule has 0 bridgehead atoms. The topological polar surface area (TPSA) is 163 Å². The average Bonchev–Trinajstić information content (AvgIpc) is 2.38. The van der Waals surface area contributed by atoms with Crippen LogP contribution in [0.2, 0.25) is 0 Å². The number of anilines is 1. The molecular weight excluding hydrogens is 244 g/mol. The van der Waals surface area contributed by atoms with Crippen LogP contribution in [-0.2, 0) is 0 Å². The van der Waals surface area contributed by atoms with Gasteiger partial charge in [0.25, 0.3) is 5.69 Å². The van der Waals surface area contributed by atoms with Crippen LogP contribution in [0.3, 0.4) is 0 Å². The van der Waals surface area contributed by atoms with Gasteiger partial charge in [0.15, 0.2) is 0 Å². The van der Waals surface area contributed by atoms with Crippen molar-refractivity contribution in [1.82, 2.24) is 0 Å². The summed E-state index contributed by atoms with van der Waals surface area (Å²) in [6, 6.07) is 3.15. The molecule has 0 aliphatic heterocycles. The first-order valence-corrected chi connectivity index (χ1v) is 4.55. The van der Waals surface area contributed by atoms with Crippen LogP contribution in [0.5, 0.6) is 0 Å². The summed E-state index contributed by atoms with van der Waals surface area (Å²) in [6.45, 7) is 1.76. The van der Waals surface area contributed by atoms with Crippen LogP contribution in [0.1, 0.15) is 6.92 Å². The van der Waals surface area contributed by atoms with E-state index < -0.39 is 15.5 Å². The molecule has 0 radical (unpaired) electrons. The molecule has 98 valence electrons. The largest absolute Gasteiger partial charge is 0.324 e. The average molecular weight is 256 g/mol. The number of benzene rings is 1. The van der Waals surface area contributed by atoms with Crippen LogP contribution in [0.15, 0.2) is 23.3 Å². The fraction of sp³-hybridized carbons (Fsp3) is 0.125. The molecule has 0 aromatic heterocycles. The summed E-state index contributed by atoms with van der Waals surface area (Å²) in [5.74, 6) is 9.59. The zero-order valence-corrected chi connectivity index (χ0v) is 9.44. The highest BCUT2D eigenvalue weighted by atomic mass is 16.6. The van der Waals surface area contributed by atoms with Crippen molar-refractivity contribution in [1.29, 1.82) is 0 Å². The predicted octanol–water partition coefficient (Wildman–Crippen LogP) is 0.739. The lowest BCUT2D eigenvalue weighted by Gasteiger charge is -2.00. The van der Waals surface area contributed by atoms with Gasteiger partial charge in [-0.1, -0.05) is 0 Å². The molecule has 0 spiro atoms. The molecule has 0 aliphatic carbocycles. The van der Waals surface area contributed by atoms with E-state index in [1.165, 1.54) is 12.3 Å². The van der Waals surface area contributed by atoms with E-state index >= 15 is 0 Å². The monoisotopic (exact) mass is 256 g/mol. The van der Waals surface area contributed by atoms with E-state index in [0.717, 1.165) is 12.1 Å². The van der Waals surface area contributed by atoms with Gasteiger partial charge in [-0.05, 0) is 13.0 Å². The van der Waals surface area contributed by atoms with Crippen LogP contribution in [0, 0.1) is 20.2 Å². The van der Waals surface area contributed by atoms with Crippen LogP contribution in [0.25, 0.3) is 0 Å². The van der Waals surface area contributed by atoms with E-state index in [0.29, 0.717) is 0 Å². The lowest BCUT2D eigenvalue weighted by Crippen LogP contribution is -2.09. The SMILES string of the molecule is CC=NN.NNc1ccc([N+](=O)[O-])cc1[N+](=O)[O-]. The van der Waals surface area contributed by atoms with E-state index in [2.05, 4.69) is 16.4 Å². The Balaban J connectivity index is 0.000000631. The first-order valence-electron chi connectivity index (χ1n) is 4.55. The standard InChI is InChI=1S/C6H6N4O4.C2H6N2/c7-8-5-2-1-4(9(11)12)3-6(5)10(13)14;1-2-4-3/h1-3,8H,7H2;2H,3H2,1H3.